The Labute approximate surface area is 114 Å². The second-order valence-electron chi connectivity index (χ2n) is 6.44. The lowest BCUT2D eigenvalue weighted by Crippen LogP contribution is -2.45. The average Bonchev–Trinajstić information content (AvgIpc) is 2.53. The Kier molecular flexibility index (Phi) is 3.41. The van der Waals surface area contributed by atoms with Gasteiger partial charge in [-0.2, -0.15) is 0 Å². The van der Waals surface area contributed by atoms with Crippen molar-refractivity contribution < 1.29 is 17.9 Å². The van der Waals surface area contributed by atoms with Crippen LogP contribution in [-0.2, 0) is 14.6 Å². The zero-order valence-electron chi connectivity index (χ0n) is 11.7. The standard InChI is InChI=1S/C13H21NO4S/c1-12(2,3)18-11(15)14-7-4-13(5-8-14)6-9-19(16,17)10-13/h6,9H,4-5,7-8,10H2,1-3H3. The van der Waals surface area contributed by atoms with E-state index in [1.165, 1.54) is 5.41 Å². The van der Waals surface area contributed by atoms with Gasteiger partial charge in [0.2, 0.25) is 0 Å². The van der Waals surface area contributed by atoms with Gasteiger partial charge >= 0.3 is 6.09 Å². The molecule has 108 valence electrons. The molecule has 0 bridgehead atoms. The second-order valence-corrected chi connectivity index (χ2v) is 8.33. The van der Waals surface area contributed by atoms with Crippen LogP contribution in [0.4, 0.5) is 4.79 Å². The molecular formula is C13H21NO4S. The van der Waals surface area contributed by atoms with Crippen molar-refractivity contribution in [3.63, 3.8) is 0 Å². The van der Waals surface area contributed by atoms with Crippen LogP contribution < -0.4 is 0 Å². The molecule has 0 aromatic heterocycles. The van der Waals surface area contributed by atoms with Crippen molar-refractivity contribution in [3.8, 4) is 0 Å². The maximum absolute atomic E-state index is 11.9. The molecule has 1 amide bonds. The zero-order valence-corrected chi connectivity index (χ0v) is 12.5. The number of sulfone groups is 1. The van der Waals surface area contributed by atoms with E-state index in [0.717, 1.165) is 0 Å². The summed E-state index contributed by atoms with van der Waals surface area (Å²) < 4.78 is 28.3. The van der Waals surface area contributed by atoms with E-state index < -0.39 is 15.4 Å². The second kappa shape index (κ2) is 4.51. The van der Waals surface area contributed by atoms with Crippen LogP contribution in [0.2, 0.25) is 0 Å². The summed E-state index contributed by atoms with van der Waals surface area (Å²) in [5, 5.41) is 1.32. The van der Waals surface area contributed by atoms with Crippen LogP contribution in [0.5, 0.6) is 0 Å². The van der Waals surface area contributed by atoms with Gasteiger partial charge in [-0.1, -0.05) is 6.08 Å². The van der Waals surface area contributed by atoms with Crippen molar-refractivity contribution in [2.75, 3.05) is 18.8 Å². The predicted octanol–water partition coefficient (Wildman–Crippen LogP) is 1.95. The maximum atomic E-state index is 11.9. The monoisotopic (exact) mass is 287 g/mol. The minimum atomic E-state index is -3.04. The van der Waals surface area contributed by atoms with Crippen molar-refractivity contribution in [3.05, 3.63) is 11.5 Å². The van der Waals surface area contributed by atoms with E-state index in [1.54, 1.807) is 11.0 Å². The number of hydrogen-bond acceptors (Lipinski definition) is 4. The third-order valence-corrected chi connectivity index (χ3v) is 5.06. The summed E-state index contributed by atoms with van der Waals surface area (Å²) in [5.41, 5.74) is -0.764. The summed E-state index contributed by atoms with van der Waals surface area (Å²) in [4.78, 5) is 13.6. The summed E-state index contributed by atoms with van der Waals surface area (Å²) in [6.07, 6.45) is 2.85. The topological polar surface area (TPSA) is 63.7 Å². The number of nitrogens with zero attached hydrogens (tertiary/aromatic N) is 1. The number of ether oxygens (including phenoxy) is 1. The van der Waals surface area contributed by atoms with Gasteiger partial charge in [0.1, 0.15) is 5.60 Å². The highest BCUT2D eigenvalue weighted by Crippen LogP contribution is 2.39. The molecule has 2 rings (SSSR count). The van der Waals surface area contributed by atoms with Gasteiger partial charge in [-0.15, -0.1) is 0 Å². The Hall–Kier alpha value is -1.04. The molecular weight excluding hydrogens is 266 g/mol. The minimum absolute atomic E-state index is 0.183. The quantitative estimate of drug-likeness (QED) is 0.683. The third-order valence-electron chi connectivity index (χ3n) is 3.53. The van der Waals surface area contributed by atoms with Crippen LogP contribution in [0.25, 0.3) is 0 Å². The Bertz CT molecular complexity index is 493. The Balaban J connectivity index is 1.94. The number of rotatable bonds is 0. The molecule has 1 spiro atoms. The smallest absolute Gasteiger partial charge is 0.410 e. The van der Waals surface area contributed by atoms with Gasteiger partial charge in [0, 0.05) is 23.9 Å². The van der Waals surface area contributed by atoms with E-state index in [0.29, 0.717) is 25.9 Å². The van der Waals surface area contributed by atoms with Crippen LogP contribution in [0, 0.1) is 5.41 Å². The molecule has 0 unspecified atom stereocenters. The summed E-state index contributed by atoms with van der Waals surface area (Å²) in [7, 11) is -3.04. The van der Waals surface area contributed by atoms with E-state index in [1.807, 2.05) is 20.8 Å². The molecule has 1 fully saturated rings. The molecule has 0 radical (unpaired) electrons. The van der Waals surface area contributed by atoms with Crippen molar-refractivity contribution in [2.45, 2.75) is 39.2 Å². The number of piperidine rings is 1. The van der Waals surface area contributed by atoms with E-state index in [9.17, 15) is 13.2 Å². The first kappa shape index (κ1) is 14.4. The number of allylic oxidation sites excluding steroid dienone is 1. The molecule has 0 aromatic rings. The third kappa shape index (κ3) is 3.49. The van der Waals surface area contributed by atoms with E-state index in [4.69, 9.17) is 4.74 Å². The molecule has 6 heteroatoms. The SMILES string of the molecule is CC(C)(C)OC(=O)N1CCC2(C=CS(=O)(=O)C2)CC1. The summed E-state index contributed by atoms with van der Waals surface area (Å²) in [5.74, 6) is 0.183. The molecule has 0 atom stereocenters. The Morgan fingerprint density at radius 2 is 1.84 bits per heavy atom. The lowest BCUT2D eigenvalue weighted by atomic mass is 9.81. The zero-order chi connectivity index (χ0) is 14.3. The van der Waals surface area contributed by atoms with E-state index in [-0.39, 0.29) is 17.3 Å². The number of likely N-dealkylation sites (tertiary alicyclic amines) is 1. The van der Waals surface area contributed by atoms with Crippen LogP contribution in [0.3, 0.4) is 0 Å². The van der Waals surface area contributed by atoms with Gasteiger partial charge in [-0.3, -0.25) is 0 Å². The van der Waals surface area contributed by atoms with Gasteiger partial charge in [-0.25, -0.2) is 13.2 Å². The lowest BCUT2D eigenvalue weighted by molar-refractivity contribution is 0.0159. The van der Waals surface area contributed by atoms with Gasteiger partial charge < -0.3 is 9.64 Å². The molecule has 2 heterocycles. The lowest BCUT2D eigenvalue weighted by Gasteiger charge is -2.38. The number of carbonyl (C=O) groups excluding carboxylic acids is 1. The number of hydrogen-bond donors (Lipinski definition) is 0. The first-order valence-electron chi connectivity index (χ1n) is 6.51. The summed E-state index contributed by atoms with van der Waals surface area (Å²) in [6, 6.07) is 0. The molecule has 1 saturated heterocycles. The van der Waals surface area contributed by atoms with Crippen LogP contribution in [0.1, 0.15) is 33.6 Å². The molecule has 0 saturated carbocycles. The van der Waals surface area contributed by atoms with E-state index in [2.05, 4.69) is 0 Å². The average molecular weight is 287 g/mol. The molecule has 2 aliphatic rings. The molecule has 2 aliphatic heterocycles. The fourth-order valence-electron chi connectivity index (χ4n) is 2.52. The van der Waals surface area contributed by atoms with Crippen LogP contribution in [-0.4, -0.2) is 43.9 Å². The Morgan fingerprint density at radius 3 is 2.26 bits per heavy atom. The van der Waals surface area contributed by atoms with Gasteiger partial charge in [0.25, 0.3) is 0 Å². The molecule has 0 aromatic carbocycles. The Morgan fingerprint density at radius 1 is 1.26 bits per heavy atom. The van der Waals surface area contributed by atoms with Crippen molar-refractivity contribution in [2.24, 2.45) is 5.41 Å². The van der Waals surface area contributed by atoms with Crippen molar-refractivity contribution in [1.82, 2.24) is 4.90 Å². The largest absolute Gasteiger partial charge is 0.444 e. The first-order valence-corrected chi connectivity index (χ1v) is 8.22. The minimum Gasteiger partial charge on any atom is -0.444 e. The van der Waals surface area contributed by atoms with Crippen molar-refractivity contribution in [1.29, 1.82) is 0 Å². The van der Waals surface area contributed by atoms with Gasteiger partial charge in [-0.05, 0) is 33.6 Å². The predicted molar refractivity (Wildman–Crippen MR) is 72.4 cm³/mol. The highest BCUT2D eigenvalue weighted by molar-refractivity contribution is 7.94. The highest BCUT2D eigenvalue weighted by atomic mass is 32.2. The summed E-state index contributed by atoms with van der Waals surface area (Å²) >= 11 is 0. The number of amides is 1. The van der Waals surface area contributed by atoms with Crippen LogP contribution >= 0.6 is 0 Å². The van der Waals surface area contributed by atoms with E-state index >= 15 is 0 Å². The molecule has 0 N–H and O–H groups in total. The van der Waals surface area contributed by atoms with Gasteiger partial charge in [0.15, 0.2) is 9.84 Å². The molecule has 0 aliphatic carbocycles. The van der Waals surface area contributed by atoms with Crippen molar-refractivity contribution >= 4 is 15.9 Å². The molecule has 5 nitrogen and oxygen atoms in total. The fourth-order valence-corrected chi connectivity index (χ4v) is 4.30. The van der Waals surface area contributed by atoms with Crippen LogP contribution in [0.15, 0.2) is 11.5 Å². The first-order chi connectivity index (χ1) is 8.61. The molecule has 19 heavy (non-hydrogen) atoms. The van der Waals surface area contributed by atoms with Gasteiger partial charge in [0.05, 0.1) is 5.75 Å². The normalized spacial score (nSPS) is 24.7. The summed E-state index contributed by atoms with van der Waals surface area (Å²) in [6.45, 7) is 6.61. The maximum Gasteiger partial charge on any atom is 0.410 e. The number of carbonyl (C=O) groups is 1. The fraction of sp³-hybridized carbons (Fsp3) is 0.769. The highest BCUT2D eigenvalue weighted by Gasteiger charge is 2.41.